The molecule has 31 heavy (non-hydrogen) atoms. The first-order valence-electron chi connectivity index (χ1n) is 9.51. The van der Waals surface area contributed by atoms with Crippen LogP contribution in [0.4, 0.5) is 10.1 Å². The molecule has 0 aliphatic heterocycles. The molecule has 8 nitrogen and oxygen atoms in total. The molecule has 1 unspecified atom stereocenters. The minimum atomic E-state index is -1.19. The molecule has 0 saturated carbocycles. The molecule has 3 rings (SSSR count). The lowest BCUT2D eigenvalue weighted by Gasteiger charge is -2.13. The molecular weight excluding hydrogens is 405 g/mol. The van der Waals surface area contributed by atoms with E-state index in [9.17, 15) is 18.8 Å². The Balaban J connectivity index is 1.65. The average Bonchev–Trinajstić information content (AvgIpc) is 2.96. The lowest BCUT2D eigenvalue weighted by atomic mass is 10.3. The van der Waals surface area contributed by atoms with Crippen molar-refractivity contribution in [3.05, 3.63) is 76.5 Å². The van der Waals surface area contributed by atoms with E-state index in [0.29, 0.717) is 11.4 Å². The van der Waals surface area contributed by atoms with Crippen LogP contribution in [0.1, 0.15) is 12.6 Å². The topological polar surface area (TPSA) is 91.6 Å². The minimum absolute atomic E-state index is 0.0851. The number of nitrogens with one attached hydrogen (secondary N) is 1. The molecule has 162 valence electrons. The number of carbonyl (C=O) groups excluding carboxylic acids is 2. The number of para-hydroxylation sites is 2. The van der Waals surface area contributed by atoms with Gasteiger partial charge in [-0.2, -0.15) is 0 Å². The van der Waals surface area contributed by atoms with Crippen LogP contribution < -0.4 is 15.6 Å². The maximum atomic E-state index is 13.5. The molecule has 0 bridgehead atoms. The summed E-state index contributed by atoms with van der Waals surface area (Å²) in [5.41, 5.74) is 0.842. The van der Waals surface area contributed by atoms with E-state index in [4.69, 9.17) is 9.47 Å². The number of nitrogens with zero attached hydrogens (tertiary/aromatic N) is 2. The van der Waals surface area contributed by atoms with Crippen molar-refractivity contribution in [1.82, 2.24) is 9.36 Å². The van der Waals surface area contributed by atoms with E-state index >= 15 is 0 Å². The standard InChI is InChI=1S/C22H22FN3O5/c1-14-20(22(29)26(25(14)3)16-9-5-4-6-10-16)24-21(28)15(2)31-19(27)13-30-18-12-8-7-11-17(18)23/h4-12,15H,13H2,1-3H3,(H,24,28). The molecule has 1 heterocycles. The fourth-order valence-electron chi connectivity index (χ4n) is 2.92. The zero-order valence-corrected chi connectivity index (χ0v) is 17.3. The zero-order chi connectivity index (χ0) is 22.5. The number of anilines is 1. The van der Waals surface area contributed by atoms with Crippen LogP contribution in [0.25, 0.3) is 5.69 Å². The van der Waals surface area contributed by atoms with Crippen molar-refractivity contribution in [2.75, 3.05) is 11.9 Å². The molecule has 0 radical (unpaired) electrons. The van der Waals surface area contributed by atoms with Gasteiger partial charge in [-0.05, 0) is 38.1 Å². The molecule has 9 heteroatoms. The van der Waals surface area contributed by atoms with Crippen LogP contribution in [0.5, 0.6) is 5.75 Å². The molecule has 0 aliphatic rings. The number of ether oxygens (including phenoxy) is 2. The van der Waals surface area contributed by atoms with Crippen LogP contribution in [0.3, 0.4) is 0 Å². The molecule has 1 atom stereocenters. The Morgan fingerprint density at radius 1 is 1.10 bits per heavy atom. The van der Waals surface area contributed by atoms with Gasteiger partial charge in [0.05, 0.1) is 11.4 Å². The van der Waals surface area contributed by atoms with E-state index in [1.165, 1.54) is 29.8 Å². The number of amides is 1. The predicted molar refractivity (Wildman–Crippen MR) is 112 cm³/mol. The number of rotatable bonds is 7. The van der Waals surface area contributed by atoms with E-state index in [0.717, 1.165) is 0 Å². The second-order valence-electron chi connectivity index (χ2n) is 6.78. The summed E-state index contributed by atoms with van der Waals surface area (Å²) in [7, 11) is 1.70. The van der Waals surface area contributed by atoms with Gasteiger partial charge in [-0.1, -0.05) is 30.3 Å². The third-order valence-corrected chi connectivity index (χ3v) is 4.66. The van der Waals surface area contributed by atoms with Gasteiger partial charge in [-0.3, -0.25) is 14.3 Å². The Bertz CT molecular complexity index is 1150. The van der Waals surface area contributed by atoms with E-state index in [1.54, 1.807) is 49.0 Å². The Hall–Kier alpha value is -3.88. The van der Waals surface area contributed by atoms with Crippen molar-refractivity contribution >= 4 is 17.6 Å². The first-order chi connectivity index (χ1) is 14.8. The monoisotopic (exact) mass is 427 g/mol. The van der Waals surface area contributed by atoms with Crippen LogP contribution in [-0.4, -0.2) is 34.0 Å². The van der Waals surface area contributed by atoms with Gasteiger partial charge in [0.1, 0.15) is 5.69 Å². The highest BCUT2D eigenvalue weighted by atomic mass is 19.1. The third kappa shape index (κ3) is 4.82. The summed E-state index contributed by atoms with van der Waals surface area (Å²) in [5, 5.41) is 2.53. The number of aromatic nitrogens is 2. The summed E-state index contributed by atoms with van der Waals surface area (Å²) < 4.78 is 26.7. The molecule has 3 aromatic rings. The predicted octanol–water partition coefficient (Wildman–Crippen LogP) is 2.57. The molecule has 0 aliphatic carbocycles. The fourth-order valence-corrected chi connectivity index (χ4v) is 2.92. The van der Waals surface area contributed by atoms with Gasteiger partial charge in [-0.15, -0.1) is 0 Å². The Kier molecular flexibility index (Phi) is 6.54. The fraction of sp³-hybridized carbons (Fsp3) is 0.227. The summed E-state index contributed by atoms with van der Waals surface area (Å²) in [5.74, 6) is -2.24. The number of hydrogen-bond donors (Lipinski definition) is 1. The number of benzene rings is 2. The molecular formula is C22H22FN3O5. The average molecular weight is 427 g/mol. The van der Waals surface area contributed by atoms with E-state index < -0.39 is 36.0 Å². The van der Waals surface area contributed by atoms with Gasteiger partial charge < -0.3 is 14.8 Å². The Morgan fingerprint density at radius 2 is 1.74 bits per heavy atom. The van der Waals surface area contributed by atoms with Gasteiger partial charge in [0.15, 0.2) is 24.3 Å². The number of halogens is 1. The maximum absolute atomic E-state index is 13.5. The number of esters is 1. The zero-order valence-electron chi connectivity index (χ0n) is 17.3. The highest BCUT2D eigenvalue weighted by Crippen LogP contribution is 2.16. The molecule has 0 fully saturated rings. The van der Waals surface area contributed by atoms with Crippen molar-refractivity contribution < 1.29 is 23.5 Å². The van der Waals surface area contributed by atoms with Crippen LogP contribution in [0.15, 0.2) is 59.4 Å². The van der Waals surface area contributed by atoms with E-state index in [-0.39, 0.29) is 11.4 Å². The molecule has 1 N–H and O–H groups in total. The van der Waals surface area contributed by atoms with Gasteiger partial charge >= 0.3 is 5.97 Å². The summed E-state index contributed by atoms with van der Waals surface area (Å²) >= 11 is 0. The molecule has 1 amide bonds. The summed E-state index contributed by atoms with van der Waals surface area (Å²) in [6, 6.07) is 14.6. The number of hydrogen-bond acceptors (Lipinski definition) is 5. The molecule has 2 aromatic carbocycles. The summed E-state index contributed by atoms with van der Waals surface area (Å²) in [6.45, 7) is 2.49. The molecule has 0 saturated heterocycles. The van der Waals surface area contributed by atoms with Gasteiger partial charge in [0.25, 0.3) is 11.5 Å². The van der Waals surface area contributed by atoms with Gasteiger partial charge in [-0.25, -0.2) is 13.9 Å². The Labute approximate surface area is 177 Å². The quantitative estimate of drug-likeness (QED) is 0.585. The molecule has 1 aromatic heterocycles. The highest BCUT2D eigenvalue weighted by Gasteiger charge is 2.23. The maximum Gasteiger partial charge on any atom is 0.344 e. The summed E-state index contributed by atoms with van der Waals surface area (Å²) in [6.07, 6.45) is -1.19. The van der Waals surface area contributed by atoms with Crippen molar-refractivity contribution in [1.29, 1.82) is 0 Å². The largest absolute Gasteiger partial charge is 0.479 e. The van der Waals surface area contributed by atoms with Crippen LogP contribution in [0.2, 0.25) is 0 Å². The van der Waals surface area contributed by atoms with Gasteiger partial charge in [0, 0.05) is 7.05 Å². The van der Waals surface area contributed by atoms with Crippen LogP contribution in [-0.2, 0) is 21.4 Å². The second kappa shape index (κ2) is 9.29. The first kappa shape index (κ1) is 21.8. The second-order valence-corrected chi connectivity index (χ2v) is 6.78. The normalized spacial score (nSPS) is 11.6. The Morgan fingerprint density at radius 3 is 2.42 bits per heavy atom. The lowest BCUT2D eigenvalue weighted by Crippen LogP contribution is -2.33. The van der Waals surface area contributed by atoms with Crippen LogP contribution in [0, 0.1) is 12.7 Å². The van der Waals surface area contributed by atoms with Crippen molar-refractivity contribution in [2.24, 2.45) is 7.05 Å². The van der Waals surface area contributed by atoms with Crippen molar-refractivity contribution in [3.63, 3.8) is 0 Å². The van der Waals surface area contributed by atoms with Crippen molar-refractivity contribution in [3.8, 4) is 11.4 Å². The van der Waals surface area contributed by atoms with E-state index in [1.807, 2.05) is 6.07 Å². The van der Waals surface area contributed by atoms with Crippen molar-refractivity contribution in [2.45, 2.75) is 20.0 Å². The SMILES string of the molecule is Cc1c(NC(=O)C(C)OC(=O)COc2ccccc2F)c(=O)n(-c2ccccc2)n1C. The number of carbonyl (C=O) groups is 2. The van der Waals surface area contributed by atoms with Gasteiger partial charge in [0.2, 0.25) is 0 Å². The van der Waals surface area contributed by atoms with E-state index in [2.05, 4.69) is 5.32 Å². The summed E-state index contributed by atoms with van der Waals surface area (Å²) in [4.78, 5) is 37.3. The highest BCUT2D eigenvalue weighted by molar-refractivity contribution is 5.95. The molecule has 0 spiro atoms. The van der Waals surface area contributed by atoms with Crippen LogP contribution >= 0.6 is 0 Å². The lowest BCUT2D eigenvalue weighted by molar-refractivity contribution is -0.155. The first-order valence-corrected chi connectivity index (χ1v) is 9.51. The third-order valence-electron chi connectivity index (χ3n) is 4.66. The smallest absolute Gasteiger partial charge is 0.344 e. The minimum Gasteiger partial charge on any atom is -0.479 e.